The maximum atomic E-state index is 12.8. The van der Waals surface area contributed by atoms with Crippen LogP contribution in [-0.2, 0) is 21.2 Å². The zero-order chi connectivity index (χ0) is 17.3. The lowest BCUT2D eigenvalue weighted by Crippen LogP contribution is -2.45. The third-order valence-corrected chi connectivity index (χ3v) is 5.64. The lowest BCUT2D eigenvalue weighted by atomic mass is 10.00. The van der Waals surface area contributed by atoms with Crippen molar-refractivity contribution in [1.82, 2.24) is 14.5 Å². The van der Waals surface area contributed by atoms with E-state index in [1.54, 1.807) is 12.1 Å². The van der Waals surface area contributed by atoms with Gasteiger partial charge in [-0.15, -0.1) is 0 Å². The number of hydrogen-bond acceptors (Lipinski definition) is 4. The van der Waals surface area contributed by atoms with Gasteiger partial charge in [0.2, 0.25) is 20.9 Å². The van der Waals surface area contributed by atoms with Gasteiger partial charge in [-0.3, -0.25) is 4.79 Å². The zero-order valence-corrected chi connectivity index (χ0v) is 14.9. The number of hydrogen-bond donors (Lipinski definition) is 0. The fourth-order valence-corrected chi connectivity index (χ4v) is 4.30. The van der Waals surface area contributed by atoms with Crippen molar-refractivity contribution in [2.24, 2.45) is 0 Å². The predicted octanol–water partition coefficient (Wildman–Crippen LogP) is 2.23. The van der Waals surface area contributed by atoms with Crippen LogP contribution in [0.3, 0.4) is 0 Å². The van der Waals surface area contributed by atoms with Crippen LogP contribution in [0, 0.1) is 0 Å². The monoisotopic (exact) mass is 349 g/mol. The Labute approximate surface area is 142 Å². The second kappa shape index (κ2) is 6.55. The predicted molar refractivity (Wildman–Crippen MR) is 92.5 cm³/mol. The highest BCUT2D eigenvalue weighted by Crippen LogP contribution is 2.23. The molecule has 6 nitrogen and oxygen atoms in total. The van der Waals surface area contributed by atoms with Gasteiger partial charge >= 0.3 is 0 Å². The van der Waals surface area contributed by atoms with Crippen LogP contribution < -0.4 is 0 Å². The number of sulfone groups is 1. The minimum atomic E-state index is -3.51. The summed E-state index contributed by atoms with van der Waals surface area (Å²) in [6.45, 7) is 2.85. The van der Waals surface area contributed by atoms with E-state index in [-0.39, 0.29) is 23.7 Å². The molecule has 0 N–H and O–H groups in total. The molecule has 1 atom stereocenters. The molecule has 0 radical (unpaired) electrons. The zero-order valence-electron chi connectivity index (χ0n) is 14.1. The smallest absolute Gasteiger partial charge is 0.242 e. The quantitative estimate of drug-likeness (QED) is 0.848. The van der Waals surface area contributed by atoms with E-state index in [1.165, 1.54) is 4.57 Å². The molecule has 1 aliphatic heterocycles. The van der Waals surface area contributed by atoms with E-state index in [1.807, 2.05) is 17.0 Å². The van der Waals surface area contributed by atoms with E-state index in [0.717, 1.165) is 38.5 Å². The summed E-state index contributed by atoms with van der Waals surface area (Å²) in [4.78, 5) is 19.0. The average Bonchev–Trinajstić information content (AvgIpc) is 2.94. The molecule has 0 aliphatic carbocycles. The van der Waals surface area contributed by atoms with E-state index in [2.05, 4.69) is 11.9 Å². The van der Waals surface area contributed by atoms with Crippen LogP contribution in [0.4, 0.5) is 0 Å². The topological polar surface area (TPSA) is 72.3 Å². The number of likely N-dealkylation sites (tertiary alicyclic amines) is 1. The van der Waals surface area contributed by atoms with Crippen molar-refractivity contribution in [1.29, 1.82) is 0 Å². The first-order valence-corrected chi connectivity index (χ1v) is 10.3. The molecular weight excluding hydrogens is 326 g/mol. The van der Waals surface area contributed by atoms with Crippen molar-refractivity contribution in [2.75, 3.05) is 12.8 Å². The Bertz CT molecular complexity index is 857. The van der Waals surface area contributed by atoms with Crippen LogP contribution in [0.25, 0.3) is 11.0 Å². The van der Waals surface area contributed by atoms with Gasteiger partial charge in [0, 0.05) is 18.8 Å². The molecule has 2 heterocycles. The minimum absolute atomic E-state index is 0.0133. The third-order valence-electron chi connectivity index (χ3n) is 4.66. The van der Waals surface area contributed by atoms with Crippen molar-refractivity contribution in [3.8, 4) is 0 Å². The highest BCUT2D eigenvalue weighted by molar-refractivity contribution is 7.90. The van der Waals surface area contributed by atoms with Gasteiger partial charge in [-0.2, -0.15) is 0 Å². The number of imidazole rings is 1. The van der Waals surface area contributed by atoms with Crippen molar-refractivity contribution in [3.05, 3.63) is 24.3 Å². The standard InChI is InChI=1S/C17H23N3O3S/c1-3-13-8-6-7-11-19(13)16(21)12-20-15-10-5-4-9-14(15)18-17(20)24(2,22)23/h4-5,9-10,13H,3,6-8,11-12H2,1-2H3/t13-/m0/s1. The van der Waals surface area contributed by atoms with E-state index < -0.39 is 9.84 Å². The molecule has 1 aliphatic rings. The highest BCUT2D eigenvalue weighted by Gasteiger charge is 2.28. The molecule has 0 unspecified atom stereocenters. The van der Waals surface area contributed by atoms with Crippen molar-refractivity contribution >= 4 is 26.8 Å². The molecule has 1 aromatic carbocycles. The molecule has 130 valence electrons. The average molecular weight is 349 g/mol. The Kier molecular flexibility index (Phi) is 4.62. The van der Waals surface area contributed by atoms with Gasteiger partial charge in [0.05, 0.1) is 11.0 Å². The third kappa shape index (κ3) is 3.17. The number of rotatable bonds is 4. The maximum Gasteiger partial charge on any atom is 0.242 e. The number of benzene rings is 1. The number of carbonyl (C=O) groups excluding carboxylic acids is 1. The van der Waals surface area contributed by atoms with Crippen LogP contribution in [0.15, 0.2) is 29.4 Å². The lowest BCUT2D eigenvalue weighted by Gasteiger charge is -2.35. The summed E-state index contributed by atoms with van der Waals surface area (Å²) >= 11 is 0. The van der Waals surface area contributed by atoms with Gasteiger partial charge in [0.15, 0.2) is 0 Å². The van der Waals surface area contributed by atoms with E-state index in [0.29, 0.717) is 11.0 Å². The molecule has 1 fully saturated rings. The maximum absolute atomic E-state index is 12.8. The summed E-state index contributed by atoms with van der Waals surface area (Å²) in [5.74, 6) is -0.0328. The molecule has 0 saturated carbocycles. The number of nitrogens with zero attached hydrogens (tertiary/aromatic N) is 3. The first-order chi connectivity index (χ1) is 11.4. The fraction of sp³-hybridized carbons (Fsp3) is 0.529. The summed E-state index contributed by atoms with van der Waals surface area (Å²) in [5.41, 5.74) is 1.27. The normalized spacial score (nSPS) is 18.9. The molecule has 7 heteroatoms. The summed E-state index contributed by atoms with van der Waals surface area (Å²) in [5, 5.41) is -0.0397. The van der Waals surface area contributed by atoms with Crippen molar-refractivity contribution in [3.63, 3.8) is 0 Å². The first-order valence-electron chi connectivity index (χ1n) is 8.36. The molecule has 0 spiro atoms. The first kappa shape index (κ1) is 17.0. The molecular formula is C17H23N3O3S. The summed E-state index contributed by atoms with van der Waals surface area (Å²) in [6.07, 6.45) is 5.23. The number of fused-ring (bicyclic) bond motifs is 1. The molecule has 0 bridgehead atoms. The van der Waals surface area contributed by atoms with E-state index >= 15 is 0 Å². The van der Waals surface area contributed by atoms with Crippen LogP contribution in [0.5, 0.6) is 0 Å². The van der Waals surface area contributed by atoms with Crippen LogP contribution >= 0.6 is 0 Å². The van der Waals surface area contributed by atoms with Crippen LogP contribution in [0.2, 0.25) is 0 Å². The molecule has 3 rings (SSSR count). The van der Waals surface area contributed by atoms with Gasteiger partial charge in [-0.05, 0) is 37.8 Å². The largest absolute Gasteiger partial charge is 0.338 e. The fourth-order valence-electron chi connectivity index (χ4n) is 3.47. The highest BCUT2D eigenvalue weighted by atomic mass is 32.2. The molecule has 24 heavy (non-hydrogen) atoms. The Hall–Kier alpha value is -1.89. The van der Waals surface area contributed by atoms with Gasteiger partial charge < -0.3 is 9.47 Å². The summed E-state index contributed by atoms with van der Waals surface area (Å²) in [6, 6.07) is 7.46. The van der Waals surface area contributed by atoms with Gasteiger partial charge in [-0.1, -0.05) is 19.1 Å². The van der Waals surface area contributed by atoms with E-state index in [4.69, 9.17) is 0 Å². The number of para-hydroxylation sites is 2. The molecule has 1 saturated heterocycles. The number of piperidine rings is 1. The summed E-state index contributed by atoms with van der Waals surface area (Å²) < 4.78 is 25.7. The SMILES string of the molecule is CC[C@H]1CCCCN1C(=O)Cn1c(S(C)(=O)=O)nc2ccccc21. The molecule has 1 aromatic heterocycles. The number of aromatic nitrogens is 2. The minimum Gasteiger partial charge on any atom is -0.338 e. The Morgan fingerprint density at radius 1 is 1.29 bits per heavy atom. The van der Waals surface area contributed by atoms with E-state index in [9.17, 15) is 13.2 Å². The van der Waals surface area contributed by atoms with Crippen molar-refractivity contribution in [2.45, 2.75) is 50.4 Å². The van der Waals surface area contributed by atoms with Crippen LogP contribution in [-0.4, -0.2) is 47.6 Å². The second-order valence-corrected chi connectivity index (χ2v) is 8.30. The van der Waals surface area contributed by atoms with Gasteiger partial charge in [0.25, 0.3) is 0 Å². The number of carbonyl (C=O) groups is 1. The summed E-state index contributed by atoms with van der Waals surface area (Å²) in [7, 11) is -3.51. The Morgan fingerprint density at radius 2 is 2.04 bits per heavy atom. The van der Waals surface area contributed by atoms with Gasteiger partial charge in [-0.25, -0.2) is 13.4 Å². The molecule has 1 amide bonds. The van der Waals surface area contributed by atoms with Crippen LogP contribution in [0.1, 0.15) is 32.6 Å². The Morgan fingerprint density at radius 3 is 2.75 bits per heavy atom. The second-order valence-electron chi connectivity index (χ2n) is 6.39. The molecule has 2 aromatic rings. The Balaban J connectivity index is 1.98. The number of amides is 1. The van der Waals surface area contributed by atoms with Gasteiger partial charge in [0.1, 0.15) is 6.54 Å². The van der Waals surface area contributed by atoms with Crippen molar-refractivity contribution < 1.29 is 13.2 Å². The lowest BCUT2D eigenvalue weighted by molar-refractivity contribution is -0.135.